The summed E-state index contributed by atoms with van der Waals surface area (Å²) in [6, 6.07) is 50.6. The van der Waals surface area contributed by atoms with Gasteiger partial charge in [-0.2, -0.15) is 0 Å². The SMILES string of the molecule is C1=CCC(N(c2ccccc2)c2ccc3c4c5oc6ccc7ccc8ccccc8c7c6c5ccc4n(-c4ccccc4)c3c2)C=C1. The van der Waals surface area contributed by atoms with E-state index in [1.807, 2.05) is 0 Å². The third-order valence-corrected chi connectivity index (χ3v) is 9.84. The van der Waals surface area contributed by atoms with Crippen LogP contribution in [-0.4, -0.2) is 10.6 Å². The molecule has 2 aromatic heterocycles. The summed E-state index contributed by atoms with van der Waals surface area (Å²) < 4.78 is 9.28. The van der Waals surface area contributed by atoms with Gasteiger partial charge in [-0.05, 0) is 83.2 Å². The third kappa shape index (κ3) is 3.93. The largest absolute Gasteiger partial charge is 0.455 e. The highest BCUT2D eigenvalue weighted by atomic mass is 16.3. The Morgan fingerprint density at radius 3 is 2.17 bits per heavy atom. The summed E-state index contributed by atoms with van der Waals surface area (Å²) in [6.45, 7) is 0. The molecule has 7 aromatic carbocycles. The van der Waals surface area contributed by atoms with Crippen molar-refractivity contribution in [3.63, 3.8) is 0 Å². The minimum atomic E-state index is 0.222. The number of allylic oxidation sites excluding steroid dienone is 2. The highest BCUT2D eigenvalue weighted by molar-refractivity contribution is 6.31. The molecule has 0 fully saturated rings. The Morgan fingerprint density at radius 2 is 1.32 bits per heavy atom. The van der Waals surface area contributed by atoms with Crippen molar-refractivity contribution in [2.75, 3.05) is 4.90 Å². The normalized spacial score (nSPS) is 14.8. The van der Waals surface area contributed by atoms with Crippen LogP contribution in [0.1, 0.15) is 6.42 Å². The number of nitrogens with zero attached hydrogens (tertiary/aromatic N) is 2. The van der Waals surface area contributed by atoms with Gasteiger partial charge in [0.25, 0.3) is 0 Å². The van der Waals surface area contributed by atoms with Crippen molar-refractivity contribution in [3.05, 3.63) is 164 Å². The summed E-state index contributed by atoms with van der Waals surface area (Å²) in [5.74, 6) is 0. The lowest BCUT2D eigenvalue weighted by atomic mass is 9.97. The van der Waals surface area contributed by atoms with Crippen molar-refractivity contribution < 1.29 is 4.42 Å². The topological polar surface area (TPSA) is 21.3 Å². The number of benzene rings is 7. The molecule has 0 amide bonds. The molecule has 0 saturated heterocycles. The summed E-state index contributed by atoms with van der Waals surface area (Å²) in [6.07, 6.45) is 9.81. The highest BCUT2D eigenvalue weighted by Crippen LogP contribution is 2.45. The summed E-state index contributed by atoms with van der Waals surface area (Å²) >= 11 is 0. The van der Waals surface area contributed by atoms with E-state index >= 15 is 0 Å². The van der Waals surface area contributed by atoms with E-state index in [2.05, 4.69) is 173 Å². The highest BCUT2D eigenvalue weighted by Gasteiger charge is 2.23. The molecule has 47 heavy (non-hydrogen) atoms. The van der Waals surface area contributed by atoms with Crippen molar-refractivity contribution in [1.82, 2.24) is 4.57 Å². The van der Waals surface area contributed by atoms with Crippen LogP contribution < -0.4 is 4.90 Å². The number of para-hydroxylation sites is 2. The predicted molar refractivity (Wildman–Crippen MR) is 198 cm³/mol. The van der Waals surface area contributed by atoms with Crippen LogP contribution in [0.2, 0.25) is 0 Å². The van der Waals surface area contributed by atoms with Crippen LogP contribution in [0.3, 0.4) is 0 Å². The Hall–Kier alpha value is -6.06. The summed E-state index contributed by atoms with van der Waals surface area (Å²) in [5, 5.41) is 9.62. The first-order chi connectivity index (χ1) is 23.3. The van der Waals surface area contributed by atoms with Crippen LogP contribution in [0, 0.1) is 0 Å². The van der Waals surface area contributed by atoms with Gasteiger partial charge in [0.15, 0.2) is 0 Å². The number of rotatable bonds is 4. The quantitative estimate of drug-likeness (QED) is 0.187. The van der Waals surface area contributed by atoms with Crippen molar-refractivity contribution in [1.29, 1.82) is 0 Å². The van der Waals surface area contributed by atoms with Gasteiger partial charge in [0.2, 0.25) is 0 Å². The molecule has 3 heteroatoms. The minimum absolute atomic E-state index is 0.222. The molecule has 3 nitrogen and oxygen atoms in total. The maximum absolute atomic E-state index is 6.88. The van der Waals surface area contributed by atoms with Gasteiger partial charge in [-0.25, -0.2) is 0 Å². The van der Waals surface area contributed by atoms with Gasteiger partial charge in [0, 0.05) is 38.6 Å². The molecule has 1 atom stereocenters. The zero-order valence-electron chi connectivity index (χ0n) is 25.7. The second-order valence-corrected chi connectivity index (χ2v) is 12.5. The Morgan fingerprint density at radius 1 is 0.553 bits per heavy atom. The lowest BCUT2D eigenvalue weighted by Crippen LogP contribution is -2.29. The lowest BCUT2D eigenvalue weighted by molar-refractivity contribution is 0.673. The summed E-state index contributed by atoms with van der Waals surface area (Å²) in [5.41, 5.74) is 7.61. The van der Waals surface area contributed by atoms with E-state index in [1.54, 1.807) is 0 Å². The predicted octanol–water partition coefficient (Wildman–Crippen LogP) is 12.0. The van der Waals surface area contributed by atoms with Gasteiger partial charge in [-0.1, -0.05) is 103 Å². The van der Waals surface area contributed by atoms with E-state index in [0.29, 0.717) is 0 Å². The minimum Gasteiger partial charge on any atom is -0.455 e. The van der Waals surface area contributed by atoms with Crippen LogP contribution in [0.4, 0.5) is 11.4 Å². The van der Waals surface area contributed by atoms with Crippen LogP contribution in [0.25, 0.3) is 71.0 Å². The smallest absolute Gasteiger partial charge is 0.145 e. The molecule has 1 unspecified atom stereocenters. The molecule has 0 N–H and O–H groups in total. The third-order valence-electron chi connectivity index (χ3n) is 9.84. The van der Waals surface area contributed by atoms with E-state index < -0.39 is 0 Å². The zero-order chi connectivity index (χ0) is 30.9. The van der Waals surface area contributed by atoms with Crippen molar-refractivity contribution in [2.45, 2.75) is 12.5 Å². The molecule has 0 bridgehead atoms. The van der Waals surface area contributed by atoms with Gasteiger partial charge in [0.1, 0.15) is 11.2 Å². The fourth-order valence-electron chi connectivity index (χ4n) is 7.79. The lowest BCUT2D eigenvalue weighted by Gasteiger charge is -2.32. The Kier molecular flexibility index (Phi) is 5.70. The maximum Gasteiger partial charge on any atom is 0.145 e. The Balaban J connectivity index is 1.30. The van der Waals surface area contributed by atoms with Crippen LogP contribution >= 0.6 is 0 Å². The van der Waals surface area contributed by atoms with Crippen molar-refractivity contribution in [3.8, 4) is 5.69 Å². The van der Waals surface area contributed by atoms with Crippen LogP contribution in [-0.2, 0) is 0 Å². The van der Waals surface area contributed by atoms with E-state index in [4.69, 9.17) is 4.42 Å². The van der Waals surface area contributed by atoms with E-state index in [1.165, 1.54) is 38.0 Å². The number of anilines is 2. The molecule has 0 spiro atoms. The van der Waals surface area contributed by atoms with Crippen LogP contribution in [0.15, 0.2) is 168 Å². The number of hydrogen-bond donors (Lipinski definition) is 0. The molecule has 0 aliphatic heterocycles. The molecule has 1 aliphatic rings. The van der Waals surface area contributed by atoms with Crippen LogP contribution in [0.5, 0.6) is 0 Å². The standard InChI is InChI=1S/C44H30N2O/c1-4-13-31(14-5-1)45(32-15-6-2-7-16-32)34-23-24-36-39(28-34)46(33-17-8-3-9-18-33)38-26-25-37-43-40(47-44(37)42(36)38)27-22-30-21-20-29-12-10-11-19-35(29)41(30)43/h1-15,17-28,32H,16H2. The monoisotopic (exact) mass is 602 g/mol. The summed E-state index contributed by atoms with van der Waals surface area (Å²) in [4.78, 5) is 2.46. The van der Waals surface area contributed by atoms with Gasteiger partial charge in [-0.3, -0.25) is 0 Å². The van der Waals surface area contributed by atoms with Gasteiger partial charge < -0.3 is 13.9 Å². The van der Waals surface area contributed by atoms with Gasteiger partial charge in [0.05, 0.1) is 22.5 Å². The van der Waals surface area contributed by atoms with Crippen molar-refractivity contribution in [2.24, 2.45) is 0 Å². The van der Waals surface area contributed by atoms with E-state index in [-0.39, 0.29) is 6.04 Å². The molecule has 0 saturated carbocycles. The number of hydrogen-bond acceptors (Lipinski definition) is 2. The second-order valence-electron chi connectivity index (χ2n) is 12.5. The Labute approximate surface area is 271 Å². The molecule has 10 rings (SSSR count). The molecule has 1 aliphatic carbocycles. The van der Waals surface area contributed by atoms with Gasteiger partial charge >= 0.3 is 0 Å². The fourth-order valence-corrected chi connectivity index (χ4v) is 7.79. The first-order valence-corrected chi connectivity index (χ1v) is 16.3. The molecule has 2 heterocycles. The van der Waals surface area contributed by atoms with E-state index in [9.17, 15) is 0 Å². The van der Waals surface area contributed by atoms with Gasteiger partial charge in [-0.15, -0.1) is 0 Å². The average Bonchev–Trinajstić information content (AvgIpc) is 3.68. The molecular weight excluding hydrogens is 572 g/mol. The number of furan rings is 1. The second kappa shape index (κ2) is 10.2. The Bertz CT molecular complexity index is 2710. The molecule has 222 valence electrons. The first kappa shape index (κ1) is 26.2. The molecular formula is C44H30N2O. The molecule has 0 radical (unpaired) electrons. The average molecular weight is 603 g/mol. The fraction of sp³-hybridized carbons (Fsp3) is 0.0455. The van der Waals surface area contributed by atoms with Crippen molar-refractivity contribution >= 4 is 76.7 Å². The molecule has 9 aromatic rings. The first-order valence-electron chi connectivity index (χ1n) is 16.3. The zero-order valence-corrected chi connectivity index (χ0v) is 25.7. The maximum atomic E-state index is 6.88. The van der Waals surface area contributed by atoms with E-state index in [0.717, 1.165) is 50.8 Å². The number of aromatic nitrogens is 1. The number of fused-ring (bicyclic) bond motifs is 11. The summed E-state index contributed by atoms with van der Waals surface area (Å²) in [7, 11) is 0.